The van der Waals surface area contributed by atoms with E-state index in [1.54, 1.807) is 0 Å². The molecule has 1 atom stereocenters. The van der Waals surface area contributed by atoms with Gasteiger partial charge in [0, 0.05) is 12.8 Å². The largest absolute Gasteiger partial charge is 0.300 e. The fourth-order valence-corrected chi connectivity index (χ4v) is 4.67. The lowest BCUT2D eigenvalue weighted by atomic mass is 9.70. The van der Waals surface area contributed by atoms with Crippen LogP contribution in [0.4, 0.5) is 0 Å². The second-order valence-corrected chi connectivity index (χ2v) is 6.45. The molecule has 0 bridgehead atoms. The van der Waals surface area contributed by atoms with Crippen LogP contribution in [0, 0.1) is 10.8 Å². The zero-order chi connectivity index (χ0) is 10.4. The Bertz CT molecular complexity index is 275. The molecule has 3 aliphatic rings. The Morgan fingerprint density at radius 3 is 2.20 bits per heavy atom. The molecule has 2 spiro atoms. The maximum absolute atomic E-state index is 11.6. The molecule has 0 heterocycles. The van der Waals surface area contributed by atoms with Crippen molar-refractivity contribution in [2.24, 2.45) is 10.8 Å². The summed E-state index contributed by atoms with van der Waals surface area (Å²) in [6.45, 7) is 0. The summed E-state index contributed by atoms with van der Waals surface area (Å²) in [4.78, 5) is 11.6. The highest BCUT2D eigenvalue weighted by atomic mass is 16.1. The molecule has 3 saturated carbocycles. The summed E-state index contributed by atoms with van der Waals surface area (Å²) in [6.07, 6.45) is 14.3. The van der Waals surface area contributed by atoms with Crippen LogP contribution in [0.3, 0.4) is 0 Å². The molecular formula is C14H22O. The van der Waals surface area contributed by atoms with Crippen molar-refractivity contribution in [1.29, 1.82) is 0 Å². The van der Waals surface area contributed by atoms with E-state index in [0.29, 0.717) is 16.6 Å². The van der Waals surface area contributed by atoms with E-state index in [1.807, 2.05) is 0 Å². The van der Waals surface area contributed by atoms with Crippen LogP contribution in [0.1, 0.15) is 70.6 Å². The lowest BCUT2D eigenvalue weighted by molar-refractivity contribution is -0.123. The number of ketones is 1. The minimum absolute atomic E-state index is 0.472. The number of carbonyl (C=O) groups excluding carboxylic acids is 1. The van der Waals surface area contributed by atoms with E-state index in [9.17, 15) is 4.79 Å². The molecule has 3 aliphatic carbocycles. The molecular weight excluding hydrogens is 184 g/mol. The van der Waals surface area contributed by atoms with Gasteiger partial charge in [0.05, 0.1) is 0 Å². The molecule has 1 nitrogen and oxygen atoms in total. The van der Waals surface area contributed by atoms with Crippen LogP contribution in [0.15, 0.2) is 0 Å². The Morgan fingerprint density at radius 2 is 1.47 bits per heavy atom. The first-order valence-electron chi connectivity index (χ1n) is 6.74. The zero-order valence-electron chi connectivity index (χ0n) is 9.69. The van der Waals surface area contributed by atoms with E-state index < -0.39 is 0 Å². The van der Waals surface area contributed by atoms with E-state index in [1.165, 1.54) is 57.8 Å². The van der Waals surface area contributed by atoms with E-state index in [0.717, 1.165) is 12.8 Å². The predicted octanol–water partition coefficient (Wildman–Crippen LogP) is 3.86. The highest BCUT2D eigenvalue weighted by Gasteiger charge is 2.50. The van der Waals surface area contributed by atoms with Gasteiger partial charge in [0.2, 0.25) is 0 Å². The van der Waals surface area contributed by atoms with Crippen LogP contribution in [-0.2, 0) is 4.79 Å². The van der Waals surface area contributed by atoms with Gasteiger partial charge < -0.3 is 0 Å². The summed E-state index contributed by atoms with van der Waals surface area (Å²) >= 11 is 0. The van der Waals surface area contributed by atoms with E-state index in [2.05, 4.69) is 0 Å². The summed E-state index contributed by atoms with van der Waals surface area (Å²) in [6, 6.07) is 0. The smallest absolute Gasteiger partial charge is 0.133 e. The molecule has 0 saturated heterocycles. The Morgan fingerprint density at radius 1 is 0.800 bits per heavy atom. The topological polar surface area (TPSA) is 17.1 Å². The van der Waals surface area contributed by atoms with Gasteiger partial charge in [-0.15, -0.1) is 0 Å². The summed E-state index contributed by atoms with van der Waals surface area (Å²) in [5, 5.41) is 0. The quantitative estimate of drug-likeness (QED) is 0.588. The van der Waals surface area contributed by atoms with Crippen molar-refractivity contribution in [2.45, 2.75) is 70.6 Å². The number of hydrogen-bond donors (Lipinski definition) is 0. The molecule has 0 aromatic heterocycles. The van der Waals surface area contributed by atoms with E-state index in [-0.39, 0.29) is 0 Å². The fourth-order valence-electron chi connectivity index (χ4n) is 4.67. The van der Waals surface area contributed by atoms with Gasteiger partial charge in [0.15, 0.2) is 0 Å². The molecule has 15 heavy (non-hydrogen) atoms. The first-order chi connectivity index (χ1) is 7.22. The molecule has 0 amide bonds. The number of hydrogen-bond acceptors (Lipinski definition) is 1. The van der Waals surface area contributed by atoms with Gasteiger partial charge in [-0.25, -0.2) is 0 Å². The fraction of sp³-hybridized carbons (Fsp3) is 0.929. The summed E-state index contributed by atoms with van der Waals surface area (Å²) in [5.74, 6) is 0.552. The van der Waals surface area contributed by atoms with Gasteiger partial charge >= 0.3 is 0 Å². The molecule has 84 valence electrons. The van der Waals surface area contributed by atoms with E-state index >= 15 is 0 Å². The van der Waals surface area contributed by atoms with Crippen LogP contribution in [0.2, 0.25) is 0 Å². The van der Waals surface area contributed by atoms with Gasteiger partial charge in [-0.3, -0.25) is 4.79 Å². The second-order valence-electron chi connectivity index (χ2n) is 6.45. The number of rotatable bonds is 0. The normalized spacial score (nSPS) is 39.3. The average molecular weight is 206 g/mol. The van der Waals surface area contributed by atoms with Gasteiger partial charge in [-0.05, 0) is 55.8 Å². The highest BCUT2D eigenvalue weighted by molar-refractivity contribution is 5.80. The van der Waals surface area contributed by atoms with Gasteiger partial charge in [-0.2, -0.15) is 0 Å². The van der Waals surface area contributed by atoms with Crippen LogP contribution in [0.5, 0.6) is 0 Å². The number of Topliss-reactive ketones (excluding diaryl/α,β-unsaturated/α-hetero) is 1. The molecule has 1 unspecified atom stereocenters. The number of carbonyl (C=O) groups is 1. The molecule has 0 N–H and O–H groups in total. The first kappa shape index (κ1) is 9.86. The van der Waals surface area contributed by atoms with E-state index in [4.69, 9.17) is 0 Å². The maximum atomic E-state index is 11.6. The Kier molecular flexibility index (Phi) is 2.19. The van der Waals surface area contributed by atoms with Crippen LogP contribution in [0.25, 0.3) is 0 Å². The second kappa shape index (κ2) is 3.33. The Balaban J connectivity index is 1.75. The van der Waals surface area contributed by atoms with Crippen molar-refractivity contribution in [3.8, 4) is 0 Å². The third-order valence-corrected chi connectivity index (χ3v) is 5.33. The molecule has 1 heteroatoms. The minimum atomic E-state index is 0.472. The third kappa shape index (κ3) is 1.64. The molecule has 0 aliphatic heterocycles. The zero-order valence-corrected chi connectivity index (χ0v) is 9.69. The lowest BCUT2D eigenvalue weighted by Gasteiger charge is -2.34. The summed E-state index contributed by atoms with van der Waals surface area (Å²) in [5.41, 5.74) is 1.16. The van der Waals surface area contributed by atoms with Crippen molar-refractivity contribution in [3.63, 3.8) is 0 Å². The van der Waals surface area contributed by atoms with Crippen LogP contribution in [-0.4, -0.2) is 5.78 Å². The third-order valence-electron chi connectivity index (χ3n) is 5.33. The summed E-state index contributed by atoms with van der Waals surface area (Å²) in [7, 11) is 0. The lowest BCUT2D eigenvalue weighted by Crippen LogP contribution is -2.27. The van der Waals surface area contributed by atoms with Crippen molar-refractivity contribution in [2.75, 3.05) is 0 Å². The summed E-state index contributed by atoms with van der Waals surface area (Å²) < 4.78 is 0. The van der Waals surface area contributed by atoms with Gasteiger partial charge in [0.1, 0.15) is 5.78 Å². The maximum Gasteiger partial charge on any atom is 0.133 e. The monoisotopic (exact) mass is 206 g/mol. The van der Waals surface area contributed by atoms with Crippen molar-refractivity contribution < 1.29 is 4.79 Å². The Hall–Kier alpha value is -0.330. The molecule has 0 radical (unpaired) electrons. The van der Waals surface area contributed by atoms with Gasteiger partial charge in [0.25, 0.3) is 0 Å². The average Bonchev–Trinajstić information content (AvgIpc) is 2.77. The molecule has 0 aromatic rings. The highest BCUT2D eigenvalue weighted by Crippen LogP contribution is 2.61. The van der Waals surface area contributed by atoms with Crippen molar-refractivity contribution in [1.82, 2.24) is 0 Å². The first-order valence-corrected chi connectivity index (χ1v) is 6.74. The van der Waals surface area contributed by atoms with Crippen LogP contribution >= 0.6 is 0 Å². The van der Waals surface area contributed by atoms with Crippen molar-refractivity contribution >= 4 is 5.78 Å². The minimum Gasteiger partial charge on any atom is -0.300 e. The predicted molar refractivity (Wildman–Crippen MR) is 60.7 cm³/mol. The SMILES string of the molecule is O=C1CCCC2(CCC3(CCCC3)C2)C1. The Labute approximate surface area is 92.6 Å². The van der Waals surface area contributed by atoms with Gasteiger partial charge in [-0.1, -0.05) is 12.8 Å². The van der Waals surface area contributed by atoms with Crippen LogP contribution < -0.4 is 0 Å². The molecule has 3 fully saturated rings. The molecule has 0 aromatic carbocycles. The standard InChI is InChI=1S/C14H22O/c15-12-4-3-7-14(10-12)9-8-13(11-14)5-1-2-6-13/h1-11H2. The van der Waals surface area contributed by atoms with Crippen molar-refractivity contribution in [3.05, 3.63) is 0 Å². The molecule has 3 rings (SSSR count).